The van der Waals surface area contributed by atoms with Crippen molar-refractivity contribution >= 4 is 5.91 Å². The molecule has 0 spiro atoms. The number of aromatic nitrogens is 2. The smallest absolute Gasteiger partial charge is 0.269 e. The predicted molar refractivity (Wildman–Crippen MR) is 86.3 cm³/mol. The highest BCUT2D eigenvalue weighted by molar-refractivity contribution is 5.93. The van der Waals surface area contributed by atoms with Crippen LogP contribution in [0.15, 0.2) is 66.7 Å². The summed E-state index contributed by atoms with van der Waals surface area (Å²) in [6, 6.07) is 21.3. The first-order chi connectivity index (χ1) is 10.7. The Morgan fingerprint density at radius 2 is 1.68 bits per heavy atom. The van der Waals surface area contributed by atoms with E-state index >= 15 is 0 Å². The molecule has 1 atom stereocenters. The SMILES string of the molecule is C[C@H](NC(=O)c1cc(-c2ccccc2)n[nH]1)c1ccccc1. The fourth-order valence-electron chi connectivity index (χ4n) is 2.29. The maximum atomic E-state index is 12.3. The van der Waals surface area contributed by atoms with Crippen LogP contribution in [0.1, 0.15) is 29.0 Å². The van der Waals surface area contributed by atoms with Crippen LogP contribution in [0.25, 0.3) is 11.3 Å². The molecular formula is C18H17N3O. The van der Waals surface area contributed by atoms with Crippen molar-refractivity contribution in [3.63, 3.8) is 0 Å². The molecule has 0 unspecified atom stereocenters. The summed E-state index contributed by atoms with van der Waals surface area (Å²) in [5, 5.41) is 9.97. The third kappa shape index (κ3) is 3.06. The topological polar surface area (TPSA) is 57.8 Å². The van der Waals surface area contributed by atoms with Crippen molar-refractivity contribution in [3.8, 4) is 11.3 Å². The van der Waals surface area contributed by atoms with E-state index in [1.54, 1.807) is 6.07 Å². The van der Waals surface area contributed by atoms with Gasteiger partial charge < -0.3 is 5.32 Å². The summed E-state index contributed by atoms with van der Waals surface area (Å²) in [7, 11) is 0. The Kier molecular flexibility index (Phi) is 4.01. The van der Waals surface area contributed by atoms with Crippen LogP contribution in [-0.2, 0) is 0 Å². The Balaban J connectivity index is 1.72. The summed E-state index contributed by atoms with van der Waals surface area (Å²) < 4.78 is 0. The first-order valence-corrected chi connectivity index (χ1v) is 7.20. The summed E-state index contributed by atoms with van der Waals surface area (Å²) in [4.78, 5) is 12.3. The molecule has 0 fully saturated rings. The van der Waals surface area contributed by atoms with Crippen molar-refractivity contribution in [2.75, 3.05) is 0 Å². The minimum atomic E-state index is -0.161. The van der Waals surface area contributed by atoms with Gasteiger partial charge in [-0.15, -0.1) is 0 Å². The molecule has 1 aromatic heterocycles. The van der Waals surface area contributed by atoms with E-state index in [1.165, 1.54) is 0 Å². The second kappa shape index (κ2) is 6.26. The largest absolute Gasteiger partial charge is 0.344 e. The van der Waals surface area contributed by atoms with E-state index in [1.807, 2.05) is 67.6 Å². The zero-order valence-corrected chi connectivity index (χ0v) is 12.3. The van der Waals surface area contributed by atoms with Crippen molar-refractivity contribution in [2.24, 2.45) is 0 Å². The fourth-order valence-corrected chi connectivity index (χ4v) is 2.29. The number of rotatable bonds is 4. The number of carbonyl (C=O) groups is 1. The van der Waals surface area contributed by atoms with Gasteiger partial charge in [0.15, 0.2) is 0 Å². The number of amides is 1. The molecule has 1 heterocycles. The van der Waals surface area contributed by atoms with Crippen LogP contribution in [0.2, 0.25) is 0 Å². The van der Waals surface area contributed by atoms with Gasteiger partial charge in [0, 0.05) is 5.56 Å². The van der Waals surface area contributed by atoms with Crippen molar-refractivity contribution in [3.05, 3.63) is 78.0 Å². The van der Waals surface area contributed by atoms with Gasteiger partial charge in [0.05, 0.1) is 11.7 Å². The Bertz CT molecular complexity index is 750. The monoisotopic (exact) mass is 291 g/mol. The minimum absolute atomic E-state index is 0.0582. The molecule has 0 saturated carbocycles. The summed E-state index contributed by atoms with van der Waals surface area (Å²) in [5.74, 6) is -0.161. The van der Waals surface area contributed by atoms with Gasteiger partial charge in [-0.25, -0.2) is 0 Å². The average molecular weight is 291 g/mol. The molecule has 0 bridgehead atoms. The lowest BCUT2D eigenvalue weighted by Gasteiger charge is -2.13. The summed E-state index contributed by atoms with van der Waals surface area (Å²) >= 11 is 0. The van der Waals surface area contributed by atoms with Gasteiger partial charge in [-0.05, 0) is 18.6 Å². The first-order valence-electron chi connectivity index (χ1n) is 7.20. The van der Waals surface area contributed by atoms with E-state index in [0.29, 0.717) is 5.69 Å². The van der Waals surface area contributed by atoms with Crippen molar-refractivity contribution in [2.45, 2.75) is 13.0 Å². The van der Waals surface area contributed by atoms with Gasteiger partial charge in [-0.1, -0.05) is 60.7 Å². The Labute approximate surface area is 129 Å². The van der Waals surface area contributed by atoms with Crippen LogP contribution >= 0.6 is 0 Å². The highest BCUT2D eigenvalue weighted by atomic mass is 16.2. The summed E-state index contributed by atoms with van der Waals surface area (Å²) in [6.07, 6.45) is 0. The molecule has 2 aromatic carbocycles. The normalized spacial score (nSPS) is 11.9. The molecule has 4 nitrogen and oxygen atoms in total. The Morgan fingerprint density at radius 1 is 1.05 bits per heavy atom. The van der Waals surface area contributed by atoms with Crippen LogP contribution in [0, 0.1) is 0 Å². The highest BCUT2D eigenvalue weighted by Gasteiger charge is 2.14. The quantitative estimate of drug-likeness (QED) is 0.772. The molecule has 1 amide bonds. The maximum absolute atomic E-state index is 12.3. The summed E-state index contributed by atoms with van der Waals surface area (Å²) in [6.45, 7) is 1.96. The van der Waals surface area contributed by atoms with Crippen LogP contribution in [0.3, 0.4) is 0 Å². The van der Waals surface area contributed by atoms with E-state index in [0.717, 1.165) is 16.8 Å². The first kappa shape index (κ1) is 14.1. The second-order valence-electron chi connectivity index (χ2n) is 5.14. The van der Waals surface area contributed by atoms with Crippen molar-refractivity contribution in [1.82, 2.24) is 15.5 Å². The second-order valence-corrected chi connectivity index (χ2v) is 5.14. The zero-order valence-electron chi connectivity index (χ0n) is 12.3. The standard InChI is InChI=1S/C18H17N3O/c1-13(14-8-4-2-5-9-14)19-18(22)17-12-16(20-21-17)15-10-6-3-7-11-15/h2-13H,1H3,(H,19,22)(H,20,21)/t13-/m0/s1. The molecule has 3 rings (SSSR count). The molecule has 22 heavy (non-hydrogen) atoms. The van der Waals surface area contributed by atoms with E-state index in [9.17, 15) is 4.79 Å². The average Bonchev–Trinajstić information content (AvgIpc) is 3.06. The van der Waals surface area contributed by atoms with Gasteiger partial charge in [0.2, 0.25) is 0 Å². The maximum Gasteiger partial charge on any atom is 0.269 e. The molecule has 2 N–H and O–H groups in total. The lowest BCUT2D eigenvalue weighted by atomic mass is 10.1. The summed E-state index contributed by atoms with van der Waals surface area (Å²) in [5.41, 5.74) is 3.27. The van der Waals surface area contributed by atoms with Crippen LogP contribution in [-0.4, -0.2) is 16.1 Å². The number of hydrogen-bond acceptors (Lipinski definition) is 2. The zero-order chi connectivity index (χ0) is 15.4. The molecule has 0 aliphatic carbocycles. The number of nitrogens with one attached hydrogen (secondary N) is 2. The van der Waals surface area contributed by atoms with Gasteiger partial charge >= 0.3 is 0 Å². The predicted octanol–water partition coefficient (Wildman–Crippen LogP) is 3.57. The van der Waals surface area contributed by atoms with E-state index in [-0.39, 0.29) is 11.9 Å². The third-order valence-corrected chi connectivity index (χ3v) is 3.54. The number of nitrogens with zero attached hydrogens (tertiary/aromatic N) is 1. The van der Waals surface area contributed by atoms with E-state index < -0.39 is 0 Å². The molecule has 4 heteroatoms. The van der Waals surface area contributed by atoms with Gasteiger partial charge in [-0.3, -0.25) is 9.89 Å². The minimum Gasteiger partial charge on any atom is -0.344 e. The highest BCUT2D eigenvalue weighted by Crippen LogP contribution is 2.17. The van der Waals surface area contributed by atoms with Crippen LogP contribution in [0.4, 0.5) is 0 Å². The molecule has 0 saturated heterocycles. The van der Waals surface area contributed by atoms with Crippen molar-refractivity contribution in [1.29, 1.82) is 0 Å². The number of benzene rings is 2. The molecule has 0 radical (unpaired) electrons. The number of hydrogen-bond donors (Lipinski definition) is 2. The number of aromatic amines is 1. The Morgan fingerprint density at radius 3 is 2.36 bits per heavy atom. The molecule has 0 aliphatic heterocycles. The van der Waals surface area contributed by atoms with Gasteiger partial charge in [-0.2, -0.15) is 5.10 Å². The third-order valence-electron chi connectivity index (χ3n) is 3.54. The lowest BCUT2D eigenvalue weighted by Crippen LogP contribution is -2.26. The fraction of sp³-hybridized carbons (Fsp3) is 0.111. The molecule has 0 aliphatic rings. The van der Waals surface area contributed by atoms with Gasteiger partial charge in [0.25, 0.3) is 5.91 Å². The molecule has 110 valence electrons. The number of H-pyrrole nitrogens is 1. The Hall–Kier alpha value is -2.88. The molecular weight excluding hydrogens is 274 g/mol. The molecule has 3 aromatic rings. The van der Waals surface area contributed by atoms with Crippen LogP contribution < -0.4 is 5.32 Å². The van der Waals surface area contributed by atoms with E-state index in [2.05, 4.69) is 15.5 Å². The lowest BCUT2D eigenvalue weighted by molar-refractivity contribution is 0.0935. The van der Waals surface area contributed by atoms with Gasteiger partial charge in [0.1, 0.15) is 5.69 Å². The van der Waals surface area contributed by atoms with Crippen LogP contribution in [0.5, 0.6) is 0 Å². The number of carbonyl (C=O) groups excluding carboxylic acids is 1. The van der Waals surface area contributed by atoms with E-state index in [4.69, 9.17) is 0 Å². The van der Waals surface area contributed by atoms with Crippen molar-refractivity contribution < 1.29 is 4.79 Å².